The van der Waals surface area contributed by atoms with Crippen molar-refractivity contribution in [3.63, 3.8) is 0 Å². The maximum atomic E-state index is 13.0. The molecule has 2 rings (SSSR count). The molecule has 3 amide bonds. The van der Waals surface area contributed by atoms with Crippen LogP contribution < -0.4 is 16.8 Å². The molecule has 6 N–H and O–H groups in total. The lowest BCUT2D eigenvalue weighted by Crippen LogP contribution is -2.50. The first-order valence-electron chi connectivity index (χ1n) is 9.43. The van der Waals surface area contributed by atoms with Gasteiger partial charge in [-0.15, -0.1) is 0 Å². The van der Waals surface area contributed by atoms with Crippen molar-refractivity contribution >= 4 is 35.2 Å². The quantitative estimate of drug-likeness (QED) is 0.148. The molecule has 12 heteroatoms. The Morgan fingerprint density at radius 2 is 1.72 bits per heavy atom. The third kappa shape index (κ3) is 6.52. The van der Waals surface area contributed by atoms with Crippen molar-refractivity contribution in [1.29, 1.82) is 0 Å². The van der Waals surface area contributed by atoms with Crippen LogP contribution in [0.4, 0.5) is 16.2 Å². The number of nitrogens with two attached hydrogens (primary N) is 2. The number of non-ortho nitro benzene ring substituents is 1. The van der Waals surface area contributed by atoms with Crippen LogP contribution in [0.25, 0.3) is 0 Å². The van der Waals surface area contributed by atoms with Gasteiger partial charge in [0.1, 0.15) is 6.04 Å². The van der Waals surface area contributed by atoms with Gasteiger partial charge in [0.05, 0.1) is 4.92 Å². The number of hydrogen-bond acceptors (Lipinski definition) is 6. The van der Waals surface area contributed by atoms with E-state index in [9.17, 15) is 29.6 Å². The highest BCUT2D eigenvalue weighted by Crippen LogP contribution is 2.19. The number of amides is 3. The van der Waals surface area contributed by atoms with Crippen molar-refractivity contribution in [3.8, 4) is 0 Å². The minimum absolute atomic E-state index is 0.0551. The van der Waals surface area contributed by atoms with E-state index in [1.165, 1.54) is 36.4 Å². The van der Waals surface area contributed by atoms with Crippen LogP contribution in [0, 0.1) is 10.1 Å². The highest BCUT2D eigenvalue weighted by atomic mass is 16.6. The van der Waals surface area contributed by atoms with Gasteiger partial charge in [0.2, 0.25) is 5.91 Å². The Kier molecular flexibility index (Phi) is 8.22. The molecule has 0 bridgehead atoms. The molecule has 0 aromatic heterocycles. The summed E-state index contributed by atoms with van der Waals surface area (Å²) in [5, 5.41) is 23.0. The van der Waals surface area contributed by atoms with E-state index in [1.54, 1.807) is 18.2 Å². The van der Waals surface area contributed by atoms with Crippen LogP contribution in [0.15, 0.2) is 59.6 Å². The minimum Gasteiger partial charge on any atom is -0.465 e. The lowest BCUT2D eigenvalue weighted by atomic mass is 10.1. The van der Waals surface area contributed by atoms with Crippen LogP contribution in [-0.2, 0) is 4.79 Å². The molecule has 2 aromatic rings. The number of nitrogens with one attached hydrogen (secondary N) is 1. The maximum Gasteiger partial charge on any atom is 0.415 e. The van der Waals surface area contributed by atoms with Gasteiger partial charge < -0.3 is 21.9 Å². The summed E-state index contributed by atoms with van der Waals surface area (Å²) in [6.07, 6.45) is -1.45. The molecule has 0 radical (unpaired) electrons. The van der Waals surface area contributed by atoms with Crippen LogP contribution in [0.2, 0.25) is 0 Å². The summed E-state index contributed by atoms with van der Waals surface area (Å²) in [4.78, 5) is 52.2. The van der Waals surface area contributed by atoms with E-state index < -0.39 is 28.9 Å². The molecule has 0 aliphatic heterocycles. The van der Waals surface area contributed by atoms with E-state index in [0.717, 1.165) is 0 Å². The van der Waals surface area contributed by atoms with E-state index in [-0.39, 0.29) is 42.3 Å². The van der Waals surface area contributed by atoms with Gasteiger partial charge in [-0.25, -0.2) is 9.69 Å². The first kappa shape index (κ1) is 23.8. The van der Waals surface area contributed by atoms with Crippen LogP contribution in [0.5, 0.6) is 0 Å². The van der Waals surface area contributed by atoms with Crippen LogP contribution in [0.1, 0.15) is 23.2 Å². The number of imide groups is 1. The predicted octanol–water partition coefficient (Wildman–Crippen LogP) is 1.78. The van der Waals surface area contributed by atoms with Crippen molar-refractivity contribution < 1.29 is 24.4 Å². The molecule has 0 aliphatic rings. The summed E-state index contributed by atoms with van der Waals surface area (Å²) in [5.41, 5.74) is 10.7. The third-order valence-electron chi connectivity index (χ3n) is 4.34. The molecule has 2 aromatic carbocycles. The summed E-state index contributed by atoms with van der Waals surface area (Å²) >= 11 is 0. The van der Waals surface area contributed by atoms with E-state index in [2.05, 4.69) is 10.3 Å². The van der Waals surface area contributed by atoms with E-state index in [1.807, 2.05) is 0 Å². The molecule has 1 atom stereocenters. The second-order valence-corrected chi connectivity index (χ2v) is 6.58. The zero-order valence-electron chi connectivity index (χ0n) is 16.9. The fraction of sp³-hybridized carbons (Fsp3) is 0.200. The minimum atomic E-state index is -1.61. The molecule has 0 heterocycles. The Morgan fingerprint density at radius 1 is 1.09 bits per heavy atom. The number of nitro benzene ring substituents is 1. The Bertz CT molecular complexity index is 1010. The predicted molar refractivity (Wildman–Crippen MR) is 116 cm³/mol. The topological polar surface area (TPSA) is 194 Å². The average Bonchev–Trinajstić information content (AvgIpc) is 2.76. The van der Waals surface area contributed by atoms with Gasteiger partial charge in [-0.3, -0.25) is 24.7 Å². The second kappa shape index (κ2) is 11.1. The number of hydrogen-bond donors (Lipinski definition) is 4. The monoisotopic (exact) mass is 442 g/mol. The Morgan fingerprint density at radius 3 is 2.25 bits per heavy atom. The summed E-state index contributed by atoms with van der Waals surface area (Å²) in [6.45, 7) is 0.122. The van der Waals surface area contributed by atoms with Gasteiger partial charge in [0.25, 0.3) is 11.6 Å². The van der Waals surface area contributed by atoms with Crippen LogP contribution >= 0.6 is 0 Å². The molecule has 32 heavy (non-hydrogen) atoms. The molecular weight excluding hydrogens is 420 g/mol. The Hall–Kier alpha value is -4.48. The molecule has 0 spiro atoms. The third-order valence-corrected chi connectivity index (χ3v) is 4.34. The van der Waals surface area contributed by atoms with E-state index >= 15 is 0 Å². The number of rotatable bonds is 9. The molecule has 0 saturated carbocycles. The van der Waals surface area contributed by atoms with E-state index in [4.69, 9.17) is 11.5 Å². The lowest BCUT2D eigenvalue weighted by molar-refractivity contribution is -0.384. The summed E-state index contributed by atoms with van der Waals surface area (Å²) in [5.74, 6) is -1.81. The largest absolute Gasteiger partial charge is 0.465 e. The number of carboxylic acid groups (broad SMARTS) is 1. The maximum absolute atomic E-state index is 13.0. The van der Waals surface area contributed by atoms with Crippen LogP contribution in [-0.4, -0.2) is 51.4 Å². The molecule has 12 nitrogen and oxygen atoms in total. The number of nitro groups is 1. The normalized spacial score (nSPS) is 11.1. The van der Waals surface area contributed by atoms with Gasteiger partial charge in [0, 0.05) is 29.9 Å². The number of benzene rings is 2. The highest BCUT2D eigenvalue weighted by Gasteiger charge is 2.35. The van der Waals surface area contributed by atoms with Gasteiger partial charge in [-0.05, 0) is 37.1 Å². The first-order valence-corrected chi connectivity index (χ1v) is 9.43. The SMILES string of the molecule is NC(N)=NCCC[C@@H](C(=O)Nc1ccc([N+](=O)[O-])cc1)N(C(=O)O)C(=O)c1ccccc1. The first-order chi connectivity index (χ1) is 15.2. The smallest absolute Gasteiger partial charge is 0.415 e. The Balaban J connectivity index is 2.30. The lowest BCUT2D eigenvalue weighted by Gasteiger charge is -2.27. The number of guanidine groups is 1. The molecular formula is C20H22N6O6. The number of carbonyl (C=O) groups excluding carboxylic acids is 2. The summed E-state index contributed by atoms with van der Waals surface area (Å²) in [6, 6.07) is 11.2. The number of anilines is 1. The van der Waals surface area contributed by atoms with Gasteiger partial charge in [-0.1, -0.05) is 18.2 Å². The zero-order valence-corrected chi connectivity index (χ0v) is 16.9. The number of aliphatic imine (C=N–C) groups is 1. The van der Waals surface area contributed by atoms with Gasteiger partial charge in [0.15, 0.2) is 5.96 Å². The highest BCUT2D eigenvalue weighted by molar-refractivity contribution is 6.07. The van der Waals surface area contributed by atoms with Crippen LogP contribution in [0.3, 0.4) is 0 Å². The fourth-order valence-corrected chi connectivity index (χ4v) is 2.84. The molecule has 168 valence electrons. The molecule has 0 aliphatic carbocycles. The standard InChI is InChI=1S/C20H22N6O6/c21-19(22)23-12-4-7-16(17(27)24-14-8-10-15(11-9-14)26(31)32)25(20(29)30)18(28)13-5-2-1-3-6-13/h1-3,5-6,8-11,16H,4,7,12H2,(H,24,27)(H,29,30)(H4,21,22,23)/t16-/m0/s1. The average molecular weight is 442 g/mol. The molecule has 0 saturated heterocycles. The van der Waals surface area contributed by atoms with Crippen molar-refractivity contribution in [1.82, 2.24) is 4.90 Å². The second-order valence-electron chi connectivity index (χ2n) is 6.58. The van der Waals surface area contributed by atoms with Gasteiger partial charge in [-0.2, -0.15) is 0 Å². The van der Waals surface area contributed by atoms with Gasteiger partial charge >= 0.3 is 6.09 Å². The van der Waals surface area contributed by atoms with Crippen molar-refractivity contribution in [2.45, 2.75) is 18.9 Å². The fourth-order valence-electron chi connectivity index (χ4n) is 2.84. The zero-order chi connectivity index (χ0) is 23.7. The number of carbonyl (C=O) groups is 3. The molecule has 0 unspecified atom stereocenters. The molecule has 0 fully saturated rings. The van der Waals surface area contributed by atoms with Crippen molar-refractivity contribution in [3.05, 3.63) is 70.3 Å². The Labute approximate surface area is 182 Å². The van der Waals surface area contributed by atoms with Crippen molar-refractivity contribution in [2.75, 3.05) is 11.9 Å². The van der Waals surface area contributed by atoms with Crippen molar-refractivity contribution in [2.24, 2.45) is 16.5 Å². The summed E-state index contributed by atoms with van der Waals surface area (Å²) < 4.78 is 0. The number of nitrogens with zero attached hydrogens (tertiary/aromatic N) is 3. The summed E-state index contributed by atoms with van der Waals surface area (Å²) in [7, 11) is 0. The van der Waals surface area contributed by atoms with E-state index in [0.29, 0.717) is 4.90 Å².